The fourth-order valence-corrected chi connectivity index (χ4v) is 2.87. The van der Waals surface area contributed by atoms with Gasteiger partial charge in [-0.05, 0) is 11.6 Å². The molecule has 1 fully saturated rings. The molecule has 0 unspecified atom stereocenters. The minimum Gasteiger partial charge on any atom is -0.472 e. The Morgan fingerprint density at radius 2 is 2.32 bits per heavy atom. The monoisotopic (exact) mass is 346 g/mol. The lowest BCUT2D eigenvalue weighted by atomic mass is 10.2. The van der Waals surface area contributed by atoms with Crippen LogP contribution in [0.2, 0.25) is 0 Å². The molecule has 2 aromatic heterocycles. The summed E-state index contributed by atoms with van der Waals surface area (Å²) < 4.78 is 12.3. The molecule has 2 aromatic rings. The maximum absolute atomic E-state index is 12.4. The highest BCUT2D eigenvalue weighted by atomic mass is 16.5. The fraction of sp³-hybridized carbons (Fsp3) is 0.471. The first-order chi connectivity index (χ1) is 12.0. The average Bonchev–Trinajstić information content (AvgIpc) is 3.10. The van der Waals surface area contributed by atoms with Crippen molar-refractivity contribution in [1.29, 1.82) is 0 Å². The van der Waals surface area contributed by atoms with E-state index in [1.54, 1.807) is 54.9 Å². The molecular formula is C17H22N4O4. The first-order valence-electron chi connectivity index (χ1n) is 8.18. The fourth-order valence-electron chi connectivity index (χ4n) is 2.87. The van der Waals surface area contributed by atoms with Crippen molar-refractivity contribution in [2.24, 2.45) is 7.05 Å². The highest BCUT2D eigenvalue weighted by molar-refractivity contribution is 5.78. The minimum absolute atomic E-state index is 0.0473. The molecule has 1 amide bonds. The van der Waals surface area contributed by atoms with Crippen LogP contribution in [0.3, 0.4) is 0 Å². The van der Waals surface area contributed by atoms with Gasteiger partial charge >= 0.3 is 0 Å². The van der Waals surface area contributed by atoms with Crippen LogP contribution in [0.25, 0.3) is 0 Å². The second-order valence-electron chi connectivity index (χ2n) is 6.19. The Kier molecular flexibility index (Phi) is 5.18. The minimum atomic E-state index is -0.168. The topological polar surface area (TPSA) is 80.8 Å². The summed E-state index contributed by atoms with van der Waals surface area (Å²) in [5.74, 6) is 0.418. The van der Waals surface area contributed by atoms with Crippen LogP contribution in [-0.2, 0) is 23.0 Å². The Morgan fingerprint density at radius 1 is 1.48 bits per heavy atom. The predicted octanol–water partition coefficient (Wildman–Crippen LogP) is 0.280. The summed E-state index contributed by atoms with van der Waals surface area (Å²) in [6.07, 6.45) is 6.51. The van der Waals surface area contributed by atoms with Gasteiger partial charge in [-0.3, -0.25) is 9.59 Å². The molecule has 134 valence electrons. The van der Waals surface area contributed by atoms with Crippen molar-refractivity contribution >= 4 is 11.7 Å². The van der Waals surface area contributed by atoms with E-state index >= 15 is 0 Å². The molecule has 8 heteroatoms. The van der Waals surface area contributed by atoms with Crippen LogP contribution in [-0.4, -0.2) is 59.8 Å². The quantitative estimate of drug-likeness (QED) is 0.774. The van der Waals surface area contributed by atoms with Crippen molar-refractivity contribution in [2.75, 3.05) is 38.2 Å². The van der Waals surface area contributed by atoms with Crippen LogP contribution < -0.4 is 10.5 Å². The number of aromatic nitrogens is 2. The van der Waals surface area contributed by atoms with Crippen molar-refractivity contribution in [3.8, 4) is 0 Å². The van der Waals surface area contributed by atoms with Gasteiger partial charge in [-0.25, -0.2) is 4.98 Å². The summed E-state index contributed by atoms with van der Waals surface area (Å²) in [5.41, 5.74) is 0.704. The van der Waals surface area contributed by atoms with Gasteiger partial charge in [0.05, 0.1) is 31.7 Å². The Balaban J connectivity index is 1.60. The zero-order valence-electron chi connectivity index (χ0n) is 14.4. The number of carbonyl (C=O) groups excluding carboxylic acids is 1. The average molecular weight is 346 g/mol. The zero-order chi connectivity index (χ0) is 17.8. The van der Waals surface area contributed by atoms with Gasteiger partial charge in [0, 0.05) is 46.1 Å². The molecule has 3 heterocycles. The van der Waals surface area contributed by atoms with E-state index in [0.29, 0.717) is 38.5 Å². The number of anilines is 1. The van der Waals surface area contributed by atoms with Crippen LogP contribution in [0.1, 0.15) is 5.56 Å². The lowest BCUT2D eigenvalue weighted by molar-refractivity contribution is -0.137. The van der Waals surface area contributed by atoms with Gasteiger partial charge in [0.25, 0.3) is 5.56 Å². The maximum Gasteiger partial charge on any atom is 0.293 e. The number of furan rings is 1. The normalized spacial score (nSPS) is 17.5. The number of ether oxygens (including phenoxy) is 1. The summed E-state index contributed by atoms with van der Waals surface area (Å²) >= 11 is 0. The second kappa shape index (κ2) is 7.52. The van der Waals surface area contributed by atoms with E-state index < -0.39 is 0 Å². The third-order valence-electron chi connectivity index (χ3n) is 4.26. The first-order valence-corrected chi connectivity index (χ1v) is 8.18. The van der Waals surface area contributed by atoms with Crippen molar-refractivity contribution in [3.63, 3.8) is 0 Å². The second-order valence-corrected chi connectivity index (χ2v) is 6.19. The van der Waals surface area contributed by atoms with Gasteiger partial charge in [-0.2, -0.15) is 0 Å². The predicted molar refractivity (Wildman–Crippen MR) is 91.5 cm³/mol. The largest absolute Gasteiger partial charge is 0.472 e. The molecule has 0 saturated carbocycles. The van der Waals surface area contributed by atoms with Gasteiger partial charge in [-0.1, -0.05) is 0 Å². The lowest BCUT2D eigenvalue weighted by Gasteiger charge is -2.35. The smallest absolute Gasteiger partial charge is 0.293 e. The van der Waals surface area contributed by atoms with Crippen LogP contribution in [0.4, 0.5) is 5.82 Å². The van der Waals surface area contributed by atoms with Crippen LogP contribution in [0.5, 0.6) is 0 Å². The molecule has 1 atom stereocenters. The number of rotatable bonds is 5. The SMILES string of the molecule is CN(C[C@@H]1CN(C(=O)Cc2ccoc2)CCO1)c1nccn(C)c1=O. The van der Waals surface area contributed by atoms with Crippen molar-refractivity contribution < 1.29 is 13.9 Å². The molecule has 0 N–H and O–H groups in total. The van der Waals surface area contributed by atoms with E-state index in [4.69, 9.17) is 9.15 Å². The Morgan fingerprint density at radius 3 is 3.08 bits per heavy atom. The molecule has 0 spiro atoms. The number of likely N-dealkylation sites (N-methyl/N-ethyl adjacent to an activating group) is 1. The van der Waals surface area contributed by atoms with E-state index in [2.05, 4.69) is 4.98 Å². The summed E-state index contributed by atoms with van der Waals surface area (Å²) in [5, 5.41) is 0. The Bertz CT molecular complexity index is 771. The zero-order valence-corrected chi connectivity index (χ0v) is 14.4. The van der Waals surface area contributed by atoms with Crippen LogP contribution in [0, 0.1) is 0 Å². The lowest BCUT2D eigenvalue weighted by Crippen LogP contribution is -2.50. The van der Waals surface area contributed by atoms with Gasteiger partial charge in [0.2, 0.25) is 5.91 Å². The van der Waals surface area contributed by atoms with Gasteiger partial charge in [-0.15, -0.1) is 0 Å². The van der Waals surface area contributed by atoms with Gasteiger partial charge in [0.1, 0.15) is 0 Å². The standard InChI is InChI=1S/C17H22N4O4/c1-19-5-4-18-16(17(19)23)20(2)10-14-11-21(6-8-25-14)15(22)9-13-3-7-24-12-13/h3-5,7,12,14H,6,8-11H2,1-2H3/t14-/m1/s1. The van der Waals surface area contributed by atoms with Crippen molar-refractivity contribution in [3.05, 3.63) is 46.9 Å². The summed E-state index contributed by atoms with van der Waals surface area (Å²) in [7, 11) is 3.49. The van der Waals surface area contributed by atoms with E-state index in [1.165, 1.54) is 4.57 Å². The third kappa shape index (κ3) is 4.08. The van der Waals surface area contributed by atoms with Crippen LogP contribution >= 0.6 is 0 Å². The van der Waals surface area contributed by atoms with E-state index in [0.717, 1.165) is 5.56 Å². The number of hydrogen-bond acceptors (Lipinski definition) is 6. The number of carbonyl (C=O) groups is 1. The van der Waals surface area contributed by atoms with E-state index in [1.807, 2.05) is 0 Å². The molecule has 1 aliphatic heterocycles. The number of nitrogens with zero attached hydrogens (tertiary/aromatic N) is 4. The highest BCUT2D eigenvalue weighted by Crippen LogP contribution is 2.11. The van der Waals surface area contributed by atoms with Crippen LogP contribution in [0.15, 0.2) is 40.2 Å². The third-order valence-corrected chi connectivity index (χ3v) is 4.26. The molecule has 1 saturated heterocycles. The molecule has 0 radical (unpaired) electrons. The van der Waals surface area contributed by atoms with Gasteiger partial charge in [0.15, 0.2) is 5.82 Å². The van der Waals surface area contributed by atoms with Gasteiger partial charge < -0.3 is 23.5 Å². The number of hydrogen-bond donors (Lipinski definition) is 0. The summed E-state index contributed by atoms with van der Waals surface area (Å²) in [6.45, 7) is 2.04. The summed E-state index contributed by atoms with van der Waals surface area (Å²) in [4.78, 5) is 32.3. The maximum atomic E-state index is 12.4. The molecule has 0 bridgehead atoms. The number of morpholine rings is 1. The molecule has 0 aromatic carbocycles. The Labute approximate surface area is 145 Å². The molecule has 0 aliphatic carbocycles. The van der Waals surface area contributed by atoms with Crippen molar-refractivity contribution in [1.82, 2.24) is 14.5 Å². The summed E-state index contributed by atoms with van der Waals surface area (Å²) in [6, 6.07) is 1.79. The highest BCUT2D eigenvalue weighted by Gasteiger charge is 2.26. The molecule has 3 rings (SSSR count). The molecule has 25 heavy (non-hydrogen) atoms. The first kappa shape index (κ1) is 17.2. The molecular weight excluding hydrogens is 324 g/mol. The van der Waals surface area contributed by atoms with Crippen molar-refractivity contribution in [2.45, 2.75) is 12.5 Å². The van der Waals surface area contributed by atoms with E-state index in [9.17, 15) is 9.59 Å². The number of amides is 1. The van der Waals surface area contributed by atoms with E-state index in [-0.39, 0.29) is 17.6 Å². The molecule has 1 aliphatic rings. The number of aryl methyl sites for hydroxylation is 1. The Hall–Kier alpha value is -2.61. The molecule has 8 nitrogen and oxygen atoms in total.